The van der Waals surface area contributed by atoms with E-state index in [0.29, 0.717) is 13.0 Å². The zero-order valence-corrected chi connectivity index (χ0v) is 15.7. The molecule has 24 heavy (non-hydrogen) atoms. The first-order chi connectivity index (χ1) is 11.4. The van der Waals surface area contributed by atoms with Crippen molar-refractivity contribution in [1.29, 1.82) is 0 Å². The van der Waals surface area contributed by atoms with Gasteiger partial charge in [-0.1, -0.05) is 0 Å². The average molecular weight is 372 g/mol. The largest absolute Gasteiger partial charge is 0.336 e. The molecular formula is C16H25N3O3S2. The van der Waals surface area contributed by atoms with E-state index in [2.05, 4.69) is 9.88 Å². The monoisotopic (exact) mass is 371 g/mol. The molecule has 2 aliphatic rings. The maximum absolute atomic E-state index is 12.3. The average Bonchev–Trinajstić information content (AvgIpc) is 3.05. The molecule has 8 heteroatoms. The first-order valence-electron chi connectivity index (χ1n) is 8.47. The Labute approximate surface area is 147 Å². The lowest BCUT2D eigenvalue weighted by Crippen LogP contribution is -2.48. The fourth-order valence-electron chi connectivity index (χ4n) is 3.93. The molecule has 2 aliphatic heterocycles. The number of hydrogen-bond donors (Lipinski definition) is 0. The van der Waals surface area contributed by atoms with Crippen LogP contribution in [0.25, 0.3) is 0 Å². The Bertz CT molecular complexity index is 675. The van der Waals surface area contributed by atoms with Crippen LogP contribution in [-0.4, -0.2) is 66.3 Å². The SMILES string of the molecule is CS(=O)(=O)CCN1C(=O)CC[C@]12CCCN(Cc1nccs1)CC2. The van der Waals surface area contributed by atoms with Crippen LogP contribution in [0, 0.1) is 0 Å². The molecule has 1 aromatic rings. The summed E-state index contributed by atoms with van der Waals surface area (Å²) in [7, 11) is -3.06. The van der Waals surface area contributed by atoms with Gasteiger partial charge in [-0.3, -0.25) is 9.69 Å². The predicted molar refractivity (Wildman–Crippen MR) is 94.6 cm³/mol. The number of carbonyl (C=O) groups is 1. The van der Waals surface area contributed by atoms with Crippen molar-refractivity contribution in [1.82, 2.24) is 14.8 Å². The van der Waals surface area contributed by atoms with Crippen molar-refractivity contribution >= 4 is 27.1 Å². The first kappa shape index (κ1) is 17.8. The van der Waals surface area contributed by atoms with Gasteiger partial charge in [0.15, 0.2) is 0 Å². The van der Waals surface area contributed by atoms with Gasteiger partial charge in [-0.2, -0.15) is 0 Å². The minimum atomic E-state index is -3.06. The molecule has 134 valence electrons. The second kappa shape index (κ2) is 7.09. The highest BCUT2D eigenvalue weighted by atomic mass is 32.2. The highest BCUT2D eigenvalue weighted by Gasteiger charge is 2.45. The summed E-state index contributed by atoms with van der Waals surface area (Å²) >= 11 is 1.67. The van der Waals surface area contributed by atoms with Crippen LogP contribution >= 0.6 is 11.3 Å². The van der Waals surface area contributed by atoms with Gasteiger partial charge in [0.25, 0.3) is 0 Å². The lowest BCUT2D eigenvalue weighted by atomic mass is 9.88. The topological polar surface area (TPSA) is 70.6 Å². The summed E-state index contributed by atoms with van der Waals surface area (Å²) in [6.07, 6.45) is 7.42. The fourth-order valence-corrected chi connectivity index (χ4v) is 5.10. The minimum absolute atomic E-state index is 0.0588. The molecule has 1 spiro atoms. The molecule has 0 bridgehead atoms. The third-order valence-electron chi connectivity index (χ3n) is 5.22. The quantitative estimate of drug-likeness (QED) is 0.785. The van der Waals surface area contributed by atoms with Gasteiger partial charge in [0.2, 0.25) is 5.91 Å². The van der Waals surface area contributed by atoms with E-state index in [0.717, 1.165) is 50.3 Å². The Morgan fingerprint density at radius 1 is 1.29 bits per heavy atom. The molecule has 0 aromatic carbocycles. The summed E-state index contributed by atoms with van der Waals surface area (Å²) in [6.45, 7) is 3.15. The summed E-state index contributed by atoms with van der Waals surface area (Å²) in [5.74, 6) is 0.176. The van der Waals surface area contributed by atoms with E-state index in [1.54, 1.807) is 11.3 Å². The summed E-state index contributed by atoms with van der Waals surface area (Å²) in [4.78, 5) is 21.0. The van der Waals surface area contributed by atoms with Crippen LogP contribution in [0.4, 0.5) is 0 Å². The van der Waals surface area contributed by atoms with Crippen molar-refractivity contribution in [3.8, 4) is 0 Å². The van der Waals surface area contributed by atoms with Gasteiger partial charge >= 0.3 is 0 Å². The molecule has 0 N–H and O–H groups in total. The Morgan fingerprint density at radius 2 is 2.12 bits per heavy atom. The number of likely N-dealkylation sites (tertiary alicyclic amines) is 2. The second-order valence-electron chi connectivity index (χ2n) is 6.96. The molecule has 3 heterocycles. The van der Waals surface area contributed by atoms with Gasteiger partial charge in [-0.15, -0.1) is 11.3 Å². The number of carbonyl (C=O) groups excluding carboxylic acids is 1. The summed E-state index contributed by atoms with van der Waals surface area (Å²) in [5, 5.41) is 3.12. The zero-order chi connectivity index (χ0) is 17.2. The molecular weight excluding hydrogens is 346 g/mol. The van der Waals surface area contributed by atoms with Gasteiger partial charge in [-0.05, 0) is 32.2 Å². The van der Waals surface area contributed by atoms with Gasteiger partial charge in [0.1, 0.15) is 14.8 Å². The van der Waals surface area contributed by atoms with E-state index < -0.39 is 9.84 Å². The molecule has 6 nitrogen and oxygen atoms in total. The first-order valence-corrected chi connectivity index (χ1v) is 11.4. The van der Waals surface area contributed by atoms with Crippen molar-refractivity contribution < 1.29 is 13.2 Å². The Balaban J connectivity index is 1.66. The van der Waals surface area contributed by atoms with E-state index >= 15 is 0 Å². The smallest absolute Gasteiger partial charge is 0.223 e. The van der Waals surface area contributed by atoms with Crippen LogP contribution in [0.15, 0.2) is 11.6 Å². The van der Waals surface area contributed by atoms with E-state index in [4.69, 9.17) is 0 Å². The standard InChI is InChI=1S/C16H25N3O3S2/c1-24(21,22)12-10-19-15(20)3-5-16(19)4-2-8-18(9-6-16)13-14-17-7-11-23-14/h7,11H,2-6,8-10,12-13H2,1H3/t16-/m0/s1. The van der Waals surface area contributed by atoms with Crippen LogP contribution in [0.3, 0.4) is 0 Å². The lowest BCUT2D eigenvalue weighted by Gasteiger charge is -2.38. The number of nitrogens with zero attached hydrogens (tertiary/aromatic N) is 3. The number of hydrogen-bond acceptors (Lipinski definition) is 6. The van der Waals surface area contributed by atoms with Gasteiger partial charge in [-0.25, -0.2) is 13.4 Å². The Hall–Kier alpha value is -0.990. The van der Waals surface area contributed by atoms with Crippen molar-refractivity contribution in [2.45, 2.75) is 44.2 Å². The minimum Gasteiger partial charge on any atom is -0.336 e. The Morgan fingerprint density at radius 3 is 2.83 bits per heavy atom. The van der Waals surface area contributed by atoms with Crippen molar-refractivity contribution in [3.05, 3.63) is 16.6 Å². The molecule has 1 amide bonds. The van der Waals surface area contributed by atoms with Crippen LogP contribution in [-0.2, 0) is 21.2 Å². The molecule has 0 unspecified atom stereocenters. The Kier molecular flexibility index (Phi) is 5.27. The molecule has 0 radical (unpaired) electrons. The molecule has 1 aromatic heterocycles. The highest BCUT2D eigenvalue weighted by Crippen LogP contribution is 2.39. The second-order valence-corrected chi connectivity index (χ2v) is 10.2. The number of amides is 1. The van der Waals surface area contributed by atoms with Crippen molar-refractivity contribution in [2.24, 2.45) is 0 Å². The normalized spacial score (nSPS) is 26.2. The van der Waals surface area contributed by atoms with Crippen LogP contribution in [0.1, 0.15) is 37.1 Å². The molecule has 1 atom stereocenters. The van der Waals surface area contributed by atoms with E-state index in [1.165, 1.54) is 6.26 Å². The van der Waals surface area contributed by atoms with Crippen molar-refractivity contribution in [2.75, 3.05) is 31.6 Å². The van der Waals surface area contributed by atoms with Crippen molar-refractivity contribution in [3.63, 3.8) is 0 Å². The summed E-state index contributed by atoms with van der Waals surface area (Å²) in [6, 6.07) is 0. The number of aromatic nitrogens is 1. The molecule has 2 fully saturated rings. The molecule has 0 saturated carbocycles. The number of sulfone groups is 1. The number of rotatable bonds is 5. The highest BCUT2D eigenvalue weighted by molar-refractivity contribution is 7.90. The molecule has 2 saturated heterocycles. The number of thiazole rings is 1. The van der Waals surface area contributed by atoms with E-state index in [1.807, 2.05) is 16.5 Å². The van der Waals surface area contributed by atoms with E-state index in [-0.39, 0.29) is 17.2 Å². The van der Waals surface area contributed by atoms with Gasteiger partial charge in [0, 0.05) is 42.9 Å². The lowest BCUT2D eigenvalue weighted by molar-refractivity contribution is -0.131. The fraction of sp³-hybridized carbons (Fsp3) is 0.750. The van der Waals surface area contributed by atoms with Crippen LogP contribution in [0.2, 0.25) is 0 Å². The zero-order valence-electron chi connectivity index (χ0n) is 14.1. The van der Waals surface area contributed by atoms with Crippen LogP contribution in [0.5, 0.6) is 0 Å². The molecule has 0 aliphatic carbocycles. The predicted octanol–water partition coefficient (Wildman–Crippen LogP) is 1.53. The maximum atomic E-state index is 12.3. The van der Waals surface area contributed by atoms with Crippen LogP contribution < -0.4 is 0 Å². The van der Waals surface area contributed by atoms with Gasteiger partial charge in [0.05, 0.1) is 12.3 Å². The molecule has 3 rings (SSSR count). The van der Waals surface area contributed by atoms with E-state index in [9.17, 15) is 13.2 Å². The summed E-state index contributed by atoms with van der Waals surface area (Å²) < 4.78 is 23.0. The third kappa shape index (κ3) is 4.15. The third-order valence-corrected chi connectivity index (χ3v) is 6.90. The van der Waals surface area contributed by atoms with Gasteiger partial charge < -0.3 is 4.90 Å². The summed E-state index contributed by atoms with van der Waals surface area (Å²) in [5.41, 5.74) is -0.139. The maximum Gasteiger partial charge on any atom is 0.223 e.